The lowest BCUT2D eigenvalue weighted by molar-refractivity contribution is 0.278. The average molecular weight is 303 g/mol. The summed E-state index contributed by atoms with van der Waals surface area (Å²) in [6, 6.07) is 13.1. The molecule has 0 fully saturated rings. The smallest absolute Gasteiger partial charge is 0.159 e. The number of fused-ring (bicyclic) bond motifs is 1. The number of para-hydroxylation sites is 1. The Morgan fingerprint density at radius 1 is 1.00 bits per heavy atom. The summed E-state index contributed by atoms with van der Waals surface area (Å²) in [5.41, 5.74) is 1.45. The first-order chi connectivity index (χ1) is 10.2. The van der Waals surface area contributed by atoms with Crippen LogP contribution in [0.3, 0.4) is 0 Å². The van der Waals surface area contributed by atoms with E-state index in [4.69, 9.17) is 0 Å². The zero-order valence-corrected chi connectivity index (χ0v) is 11.7. The van der Waals surface area contributed by atoms with Crippen LogP contribution in [0.4, 0.5) is 8.78 Å². The van der Waals surface area contributed by atoms with Gasteiger partial charge < -0.3 is 5.11 Å². The van der Waals surface area contributed by atoms with Crippen molar-refractivity contribution >= 4 is 22.7 Å². The SMILES string of the molecule is OCc1cc2ccccc2nc1Sc1ccc(F)c(F)c1. The second kappa shape index (κ2) is 5.79. The highest BCUT2D eigenvalue weighted by Crippen LogP contribution is 2.31. The lowest BCUT2D eigenvalue weighted by atomic mass is 10.2. The van der Waals surface area contributed by atoms with Crippen LogP contribution in [0.2, 0.25) is 0 Å². The summed E-state index contributed by atoms with van der Waals surface area (Å²) in [7, 11) is 0. The van der Waals surface area contributed by atoms with E-state index in [0.29, 0.717) is 15.5 Å². The number of pyridine rings is 1. The molecule has 0 atom stereocenters. The van der Waals surface area contributed by atoms with Gasteiger partial charge in [-0.2, -0.15) is 0 Å². The number of benzene rings is 2. The average Bonchev–Trinajstić information content (AvgIpc) is 2.50. The number of hydrogen-bond donors (Lipinski definition) is 1. The summed E-state index contributed by atoms with van der Waals surface area (Å²) in [5, 5.41) is 11.0. The van der Waals surface area contributed by atoms with Crippen LogP contribution in [-0.2, 0) is 6.61 Å². The Hall–Kier alpha value is -1.98. The molecular weight excluding hydrogens is 292 g/mol. The molecule has 3 aromatic rings. The van der Waals surface area contributed by atoms with Crippen LogP contribution >= 0.6 is 11.8 Å². The number of aliphatic hydroxyl groups is 1. The monoisotopic (exact) mass is 303 g/mol. The van der Waals surface area contributed by atoms with Crippen LogP contribution in [0.15, 0.2) is 58.5 Å². The minimum atomic E-state index is -0.897. The molecule has 0 radical (unpaired) electrons. The van der Waals surface area contributed by atoms with Crippen molar-refractivity contribution in [1.82, 2.24) is 4.98 Å². The quantitative estimate of drug-likeness (QED) is 0.789. The highest BCUT2D eigenvalue weighted by atomic mass is 32.2. The van der Waals surface area contributed by atoms with Crippen LogP contribution in [0, 0.1) is 11.6 Å². The van der Waals surface area contributed by atoms with Crippen LogP contribution < -0.4 is 0 Å². The van der Waals surface area contributed by atoms with Crippen molar-refractivity contribution in [2.45, 2.75) is 16.5 Å². The molecule has 0 spiro atoms. The maximum Gasteiger partial charge on any atom is 0.159 e. The highest BCUT2D eigenvalue weighted by Gasteiger charge is 2.10. The standard InChI is InChI=1S/C16H11F2NOS/c17-13-6-5-12(8-14(13)18)21-16-11(9-20)7-10-3-1-2-4-15(10)19-16/h1-8,20H,9H2. The summed E-state index contributed by atoms with van der Waals surface area (Å²) < 4.78 is 26.2. The lowest BCUT2D eigenvalue weighted by Crippen LogP contribution is -1.93. The molecule has 0 unspecified atom stereocenters. The fourth-order valence-electron chi connectivity index (χ4n) is 2.00. The van der Waals surface area contributed by atoms with Gasteiger partial charge in [0.25, 0.3) is 0 Å². The van der Waals surface area contributed by atoms with E-state index >= 15 is 0 Å². The molecule has 1 N–H and O–H groups in total. The van der Waals surface area contributed by atoms with E-state index in [1.165, 1.54) is 17.8 Å². The van der Waals surface area contributed by atoms with Crippen LogP contribution in [0.5, 0.6) is 0 Å². The van der Waals surface area contributed by atoms with Crippen molar-refractivity contribution in [1.29, 1.82) is 0 Å². The van der Waals surface area contributed by atoms with Gasteiger partial charge in [-0.25, -0.2) is 13.8 Å². The summed E-state index contributed by atoms with van der Waals surface area (Å²) in [6.07, 6.45) is 0. The summed E-state index contributed by atoms with van der Waals surface area (Å²) in [6.45, 7) is -0.163. The number of hydrogen-bond acceptors (Lipinski definition) is 3. The van der Waals surface area contributed by atoms with E-state index in [9.17, 15) is 13.9 Å². The number of aliphatic hydroxyl groups excluding tert-OH is 1. The predicted molar refractivity (Wildman–Crippen MR) is 78.1 cm³/mol. The van der Waals surface area contributed by atoms with E-state index in [2.05, 4.69) is 4.98 Å². The zero-order chi connectivity index (χ0) is 14.8. The first-order valence-corrected chi connectivity index (χ1v) is 7.11. The summed E-state index contributed by atoms with van der Waals surface area (Å²) in [4.78, 5) is 5.01. The van der Waals surface area contributed by atoms with Crippen LogP contribution in [-0.4, -0.2) is 10.1 Å². The molecule has 2 nitrogen and oxygen atoms in total. The van der Waals surface area contributed by atoms with Gasteiger partial charge in [-0.15, -0.1) is 0 Å². The minimum absolute atomic E-state index is 0.163. The van der Waals surface area contributed by atoms with Crippen LogP contribution in [0.25, 0.3) is 10.9 Å². The van der Waals surface area contributed by atoms with Gasteiger partial charge in [-0.1, -0.05) is 30.0 Å². The van der Waals surface area contributed by atoms with Crippen molar-refractivity contribution in [2.75, 3.05) is 0 Å². The van der Waals surface area contributed by atoms with Gasteiger partial charge in [0.15, 0.2) is 11.6 Å². The van der Waals surface area contributed by atoms with E-state index in [-0.39, 0.29) is 6.61 Å². The van der Waals surface area contributed by atoms with E-state index < -0.39 is 11.6 Å². The maximum absolute atomic E-state index is 13.3. The normalized spacial score (nSPS) is 11.0. The second-order valence-electron chi connectivity index (χ2n) is 4.48. The number of halogens is 2. The predicted octanol–water partition coefficient (Wildman–Crippen LogP) is 4.16. The Morgan fingerprint density at radius 2 is 1.81 bits per heavy atom. The van der Waals surface area contributed by atoms with Crippen molar-refractivity contribution in [3.8, 4) is 0 Å². The number of aromatic nitrogens is 1. The Bertz CT molecular complexity index is 807. The molecule has 21 heavy (non-hydrogen) atoms. The van der Waals surface area contributed by atoms with E-state index in [1.54, 1.807) is 0 Å². The van der Waals surface area contributed by atoms with Gasteiger partial charge in [-0.3, -0.25) is 0 Å². The first kappa shape index (κ1) is 14.0. The fourth-order valence-corrected chi connectivity index (χ4v) is 2.92. The van der Waals surface area contributed by atoms with Crippen molar-refractivity contribution in [3.63, 3.8) is 0 Å². The van der Waals surface area contributed by atoms with Gasteiger partial charge in [0, 0.05) is 15.8 Å². The Balaban J connectivity index is 2.04. The van der Waals surface area contributed by atoms with Crippen molar-refractivity contribution in [3.05, 3.63) is 65.7 Å². The minimum Gasteiger partial charge on any atom is -0.392 e. The number of nitrogens with zero attached hydrogens (tertiary/aromatic N) is 1. The second-order valence-corrected chi connectivity index (χ2v) is 5.54. The maximum atomic E-state index is 13.3. The van der Waals surface area contributed by atoms with E-state index in [0.717, 1.165) is 23.0 Å². The summed E-state index contributed by atoms with van der Waals surface area (Å²) in [5.74, 6) is -1.78. The molecule has 5 heteroatoms. The molecule has 0 saturated heterocycles. The van der Waals surface area contributed by atoms with Gasteiger partial charge in [0.05, 0.1) is 12.1 Å². The third kappa shape index (κ3) is 2.89. The topological polar surface area (TPSA) is 33.1 Å². The van der Waals surface area contributed by atoms with Crippen molar-refractivity contribution < 1.29 is 13.9 Å². The van der Waals surface area contributed by atoms with Crippen LogP contribution in [0.1, 0.15) is 5.56 Å². The molecule has 3 rings (SSSR count). The molecule has 1 aromatic heterocycles. The van der Waals surface area contributed by atoms with Gasteiger partial charge in [0.1, 0.15) is 5.03 Å². The zero-order valence-electron chi connectivity index (χ0n) is 10.9. The molecule has 0 aliphatic rings. The third-order valence-corrected chi connectivity index (χ3v) is 4.08. The molecule has 0 aliphatic heterocycles. The van der Waals surface area contributed by atoms with Gasteiger partial charge in [0.2, 0.25) is 0 Å². The molecule has 106 valence electrons. The molecule has 0 saturated carbocycles. The Kier molecular flexibility index (Phi) is 3.86. The largest absolute Gasteiger partial charge is 0.392 e. The number of rotatable bonds is 3. The van der Waals surface area contributed by atoms with Gasteiger partial charge in [-0.05, 0) is 30.3 Å². The Morgan fingerprint density at radius 3 is 2.57 bits per heavy atom. The van der Waals surface area contributed by atoms with E-state index in [1.807, 2.05) is 30.3 Å². The first-order valence-electron chi connectivity index (χ1n) is 6.30. The molecule has 2 aromatic carbocycles. The van der Waals surface area contributed by atoms with Crippen molar-refractivity contribution in [2.24, 2.45) is 0 Å². The summed E-state index contributed by atoms with van der Waals surface area (Å²) >= 11 is 1.20. The molecule has 0 amide bonds. The highest BCUT2D eigenvalue weighted by molar-refractivity contribution is 7.99. The van der Waals surface area contributed by atoms with Gasteiger partial charge >= 0.3 is 0 Å². The lowest BCUT2D eigenvalue weighted by Gasteiger charge is -2.08. The molecular formula is C16H11F2NOS. The fraction of sp³-hybridized carbons (Fsp3) is 0.0625. The third-order valence-electron chi connectivity index (χ3n) is 3.04. The molecule has 0 aliphatic carbocycles. The molecule has 0 bridgehead atoms. The molecule has 1 heterocycles. The Labute approximate surface area is 124 Å².